The van der Waals surface area contributed by atoms with Crippen molar-refractivity contribution in [2.24, 2.45) is 0 Å². The molecule has 0 aliphatic heterocycles. The Bertz CT molecular complexity index is 944. The number of rotatable bonds is 3. The van der Waals surface area contributed by atoms with E-state index in [0.717, 1.165) is 22.2 Å². The fourth-order valence-electron chi connectivity index (χ4n) is 2.70. The topological polar surface area (TPSA) is 42.2 Å². The van der Waals surface area contributed by atoms with Crippen molar-refractivity contribution in [3.63, 3.8) is 0 Å². The number of hydrogen-bond acceptors (Lipinski definition) is 3. The van der Waals surface area contributed by atoms with Gasteiger partial charge in [-0.05, 0) is 55.7 Å². The Morgan fingerprint density at radius 1 is 1.04 bits per heavy atom. The van der Waals surface area contributed by atoms with Crippen LogP contribution >= 0.6 is 11.6 Å². The van der Waals surface area contributed by atoms with E-state index in [9.17, 15) is 4.79 Å². The first-order valence-electron chi connectivity index (χ1n) is 7.48. The minimum absolute atomic E-state index is 0.350. The lowest BCUT2D eigenvalue weighted by Gasteiger charge is -2.12. The van der Waals surface area contributed by atoms with Crippen LogP contribution in [0.5, 0.6) is 0 Å². The molecular formula is C19H18ClNO2. The van der Waals surface area contributed by atoms with E-state index in [1.807, 2.05) is 13.0 Å². The molecule has 0 fully saturated rings. The summed E-state index contributed by atoms with van der Waals surface area (Å²) in [5.41, 5.74) is 5.43. The zero-order valence-electron chi connectivity index (χ0n) is 13.4. The predicted molar refractivity (Wildman–Crippen MR) is 95.5 cm³/mol. The van der Waals surface area contributed by atoms with Crippen molar-refractivity contribution in [1.29, 1.82) is 0 Å². The number of hydrogen-bond donors (Lipinski definition) is 1. The summed E-state index contributed by atoms with van der Waals surface area (Å²) in [5, 5.41) is 4.91. The van der Waals surface area contributed by atoms with Gasteiger partial charge in [0.25, 0.3) is 0 Å². The van der Waals surface area contributed by atoms with Gasteiger partial charge >= 0.3 is 5.63 Å². The van der Waals surface area contributed by atoms with Crippen LogP contribution in [0.2, 0.25) is 5.02 Å². The highest BCUT2D eigenvalue weighted by molar-refractivity contribution is 6.32. The fourth-order valence-corrected chi connectivity index (χ4v) is 2.86. The van der Waals surface area contributed by atoms with Crippen LogP contribution in [0.15, 0.2) is 45.6 Å². The third-order valence-corrected chi connectivity index (χ3v) is 4.37. The second-order valence-corrected chi connectivity index (χ2v) is 6.27. The first-order valence-corrected chi connectivity index (χ1v) is 7.86. The van der Waals surface area contributed by atoms with Crippen molar-refractivity contribution >= 4 is 28.3 Å². The molecule has 23 heavy (non-hydrogen) atoms. The Balaban J connectivity index is 1.99. The van der Waals surface area contributed by atoms with Crippen molar-refractivity contribution in [3.05, 3.63) is 74.1 Å². The van der Waals surface area contributed by atoms with E-state index in [-0.39, 0.29) is 5.63 Å². The molecule has 0 unspecified atom stereocenters. The third kappa shape index (κ3) is 3.25. The van der Waals surface area contributed by atoms with E-state index in [1.165, 1.54) is 17.2 Å². The summed E-state index contributed by atoms with van der Waals surface area (Å²) >= 11 is 6.22. The number of benzene rings is 2. The van der Waals surface area contributed by atoms with Crippen molar-refractivity contribution in [2.75, 3.05) is 5.32 Å². The normalized spacial score (nSPS) is 11.0. The van der Waals surface area contributed by atoms with Gasteiger partial charge in [0.2, 0.25) is 0 Å². The molecule has 1 aromatic heterocycles. The van der Waals surface area contributed by atoms with Crippen molar-refractivity contribution in [3.8, 4) is 0 Å². The van der Waals surface area contributed by atoms with Crippen LogP contribution < -0.4 is 10.9 Å². The molecule has 0 radical (unpaired) electrons. The summed E-state index contributed by atoms with van der Waals surface area (Å²) in [6, 6.07) is 11.4. The molecule has 0 aliphatic rings. The maximum atomic E-state index is 11.8. The predicted octanol–water partition coefficient (Wildman–Crippen LogP) is 4.98. The average molecular weight is 328 g/mol. The molecule has 0 atom stereocenters. The van der Waals surface area contributed by atoms with Crippen LogP contribution in [0.1, 0.15) is 22.3 Å². The largest absolute Gasteiger partial charge is 0.423 e. The van der Waals surface area contributed by atoms with Gasteiger partial charge in [-0.25, -0.2) is 4.79 Å². The van der Waals surface area contributed by atoms with Gasteiger partial charge in [-0.1, -0.05) is 29.3 Å². The summed E-state index contributed by atoms with van der Waals surface area (Å²) in [4.78, 5) is 11.8. The maximum Gasteiger partial charge on any atom is 0.336 e. The minimum Gasteiger partial charge on any atom is -0.423 e. The Morgan fingerprint density at radius 3 is 2.57 bits per heavy atom. The molecule has 0 saturated heterocycles. The molecule has 3 nitrogen and oxygen atoms in total. The summed E-state index contributed by atoms with van der Waals surface area (Å²) in [6.07, 6.45) is 0. The molecule has 118 valence electrons. The highest BCUT2D eigenvalue weighted by Crippen LogP contribution is 2.26. The second kappa shape index (κ2) is 6.09. The van der Waals surface area contributed by atoms with Gasteiger partial charge in [0.05, 0.1) is 0 Å². The van der Waals surface area contributed by atoms with Crippen molar-refractivity contribution in [1.82, 2.24) is 0 Å². The van der Waals surface area contributed by atoms with Gasteiger partial charge in [0, 0.05) is 28.7 Å². The molecule has 1 N–H and O–H groups in total. The molecule has 3 aromatic rings. The lowest BCUT2D eigenvalue weighted by Crippen LogP contribution is -2.06. The van der Waals surface area contributed by atoms with E-state index in [1.54, 1.807) is 6.07 Å². The van der Waals surface area contributed by atoms with E-state index >= 15 is 0 Å². The van der Waals surface area contributed by atoms with E-state index in [4.69, 9.17) is 16.0 Å². The van der Waals surface area contributed by atoms with Gasteiger partial charge in [-0.3, -0.25) is 0 Å². The van der Waals surface area contributed by atoms with Crippen LogP contribution in [0.25, 0.3) is 11.0 Å². The van der Waals surface area contributed by atoms with Gasteiger partial charge in [-0.2, -0.15) is 0 Å². The molecule has 3 rings (SSSR count). The molecular weight excluding hydrogens is 310 g/mol. The van der Waals surface area contributed by atoms with Gasteiger partial charge in [0.1, 0.15) is 5.58 Å². The van der Waals surface area contributed by atoms with Crippen LogP contribution in [0.4, 0.5) is 5.69 Å². The van der Waals surface area contributed by atoms with Crippen molar-refractivity contribution in [2.45, 2.75) is 27.3 Å². The highest BCUT2D eigenvalue weighted by Gasteiger charge is 2.09. The first kappa shape index (κ1) is 15.6. The molecule has 0 spiro atoms. The standard InChI is InChI=1S/C19H18ClNO2/c1-11-4-5-17(13(3)6-11)21-10-14-8-19(22)23-18-7-12(2)16(20)9-15(14)18/h4-9,21H,10H2,1-3H3. The third-order valence-electron chi connectivity index (χ3n) is 3.96. The van der Waals surface area contributed by atoms with Gasteiger partial charge in [0.15, 0.2) is 0 Å². The SMILES string of the molecule is Cc1ccc(NCc2cc(=O)oc3cc(C)c(Cl)cc23)c(C)c1. The lowest BCUT2D eigenvalue weighted by molar-refractivity contribution is 0.559. The number of aryl methyl sites for hydroxylation is 3. The fraction of sp³-hybridized carbons (Fsp3) is 0.211. The molecule has 2 aromatic carbocycles. The zero-order chi connectivity index (χ0) is 16.6. The number of fused-ring (bicyclic) bond motifs is 1. The monoisotopic (exact) mass is 327 g/mol. The summed E-state index contributed by atoms with van der Waals surface area (Å²) in [7, 11) is 0. The minimum atomic E-state index is -0.350. The Hall–Kier alpha value is -2.26. The molecule has 0 saturated carbocycles. The average Bonchev–Trinajstić information content (AvgIpc) is 2.48. The van der Waals surface area contributed by atoms with Crippen LogP contribution in [0.3, 0.4) is 0 Å². The first-order chi connectivity index (χ1) is 10.9. The van der Waals surface area contributed by atoms with Crippen LogP contribution in [-0.2, 0) is 6.54 Å². The highest BCUT2D eigenvalue weighted by atomic mass is 35.5. The Kier molecular flexibility index (Phi) is 4.14. The molecule has 0 aliphatic carbocycles. The summed E-state index contributed by atoms with van der Waals surface area (Å²) < 4.78 is 5.29. The number of halogens is 1. The number of anilines is 1. The lowest BCUT2D eigenvalue weighted by atomic mass is 10.1. The van der Waals surface area contributed by atoms with Gasteiger partial charge < -0.3 is 9.73 Å². The summed E-state index contributed by atoms with van der Waals surface area (Å²) in [6.45, 7) is 6.55. The van der Waals surface area contributed by atoms with Gasteiger partial charge in [-0.15, -0.1) is 0 Å². The van der Waals surface area contributed by atoms with Crippen molar-refractivity contribution < 1.29 is 4.42 Å². The Labute approximate surface area is 139 Å². The second-order valence-electron chi connectivity index (χ2n) is 5.86. The zero-order valence-corrected chi connectivity index (χ0v) is 14.1. The molecule has 0 bridgehead atoms. The molecule has 0 amide bonds. The summed E-state index contributed by atoms with van der Waals surface area (Å²) in [5.74, 6) is 0. The van der Waals surface area contributed by atoms with Crippen LogP contribution in [-0.4, -0.2) is 0 Å². The van der Waals surface area contributed by atoms with E-state index < -0.39 is 0 Å². The maximum absolute atomic E-state index is 11.8. The van der Waals surface area contributed by atoms with Crippen LogP contribution in [0, 0.1) is 20.8 Å². The molecule has 1 heterocycles. The quantitative estimate of drug-likeness (QED) is 0.689. The number of nitrogens with one attached hydrogen (secondary N) is 1. The van der Waals surface area contributed by atoms with E-state index in [2.05, 4.69) is 37.4 Å². The molecule has 4 heteroatoms. The van der Waals surface area contributed by atoms with E-state index in [0.29, 0.717) is 17.2 Å². The smallest absolute Gasteiger partial charge is 0.336 e. The Morgan fingerprint density at radius 2 is 1.83 bits per heavy atom.